The van der Waals surface area contributed by atoms with Crippen molar-refractivity contribution >= 4 is 78.3 Å². The highest BCUT2D eigenvalue weighted by atomic mass is 31.2. The summed E-state index contributed by atoms with van der Waals surface area (Å²) < 4.78 is 17.1. The van der Waals surface area contributed by atoms with Crippen LogP contribution in [0.1, 0.15) is 143 Å². The van der Waals surface area contributed by atoms with E-state index in [2.05, 4.69) is 38.7 Å². The van der Waals surface area contributed by atoms with Crippen molar-refractivity contribution in [3.63, 3.8) is 0 Å². The number of aryl methyl sites for hydroxylation is 2. The number of amides is 6. The van der Waals surface area contributed by atoms with Gasteiger partial charge in [0.25, 0.3) is 0 Å². The van der Waals surface area contributed by atoms with Gasteiger partial charge in [-0.05, 0) is 106 Å². The lowest BCUT2D eigenvalue weighted by Crippen LogP contribution is -2.47. The Hall–Kier alpha value is -7.79. The Balaban J connectivity index is 1.04. The predicted molar refractivity (Wildman–Crippen MR) is 303 cm³/mol. The lowest BCUT2D eigenvalue weighted by molar-refractivity contribution is -0.143. The topological polar surface area (TPSA) is 374 Å². The summed E-state index contributed by atoms with van der Waals surface area (Å²) in [5.41, 5.74) is 7.35. The number of aliphatic carboxylic acids is 4. The van der Waals surface area contributed by atoms with Crippen LogP contribution in [0, 0.1) is 6.92 Å². The zero-order valence-corrected chi connectivity index (χ0v) is 47.4. The van der Waals surface area contributed by atoms with Crippen molar-refractivity contribution in [1.82, 2.24) is 31.7 Å². The van der Waals surface area contributed by atoms with Crippen LogP contribution in [-0.2, 0) is 70.0 Å². The molecule has 11 N–H and O–H groups in total. The molecule has 3 aromatic carbocycles. The summed E-state index contributed by atoms with van der Waals surface area (Å²) in [5, 5.41) is 52.3. The molecule has 1 heterocycles. The van der Waals surface area contributed by atoms with E-state index in [-0.39, 0.29) is 62.8 Å². The molecule has 450 valence electrons. The summed E-state index contributed by atoms with van der Waals surface area (Å²) in [6.07, 6.45) is 3.44. The number of para-hydroxylation sites is 1. The van der Waals surface area contributed by atoms with Gasteiger partial charge in [0.2, 0.25) is 35.4 Å². The van der Waals surface area contributed by atoms with Gasteiger partial charge in [-0.25, -0.2) is 19.2 Å². The number of nitrogens with one attached hydrogen (secondary N) is 6. The van der Waals surface area contributed by atoms with Crippen LogP contribution in [0.5, 0.6) is 0 Å². The van der Waals surface area contributed by atoms with Crippen molar-refractivity contribution in [3.05, 3.63) is 107 Å². The number of carbonyl (C=O) groups is 10. The fraction of sp³-hybridized carbons (Fsp3) is 0.483. The van der Waals surface area contributed by atoms with Crippen LogP contribution < -0.4 is 36.6 Å². The number of nitrogens with zero attached hydrogens (tertiary/aromatic N) is 1. The van der Waals surface area contributed by atoms with Gasteiger partial charge >= 0.3 is 31.6 Å². The van der Waals surface area contributed by atoms with Gasteiger partial charge < -0.3 is 56.8 Å². The number of hydrogen-bond acceptors (Lipinski definition) is 12. The highest BCUT2D eigenvalue weighted by Crippen LogP contribution is 2.51. The van der Waals surface area contributed by atoms with Crippen molar-refractivity contribution in [3.8, 4) is 0 Å². The summed E-state index contributed by atoms with van der Waals surface area (Å²) in [4.78, 5) is 137. The number of benzene rings is 3. The third-order valence-electron chi connectivity index (χ3n) is 14.0. The molecule has 24 nitrogen and oxygen atoms in total. The SMILES string of the molecule is Cc1ccc(CCCC(=O)NCCCC[C@H](NC(=O)CCC(=O)N2Cc3ccccc3C3C=C3c3ccccc32)C(=O)NCCCCCC(=O)NC(CCC(=O)N[C@@H](CCCOP(=O)(O)N[C@@H](CCC(=O)O)C(=O)O)C(=O)O)C(=O)O)cc1. The van der Waals surface area contributed by atoms with Crippen LogP contribution in [0.15, 0.2) is 78.9 Å². The number of hydrogen-bond donors (Lipinski definition) is 11. The average molecular weight is 1170 g/mol. The summed E-state index contributed by atoms with van der Waals surface area (Å²) in [5.74, 6) is -8.45. The number of carboxylic acid groups (broad SMARTS) is 4. The van der Waals surface area contributed by atoms with Crippen LogP contribution in [0.2, 0.25) is 0 Å². The van der Waals surface area contributed by atoms with Gasteiger partial charge in [0.1, 0.15) is 24.2 Å². The number of anilines is 1. The van der Waals surface area contributed by atoms with E-state index >= 15 is 0 Å². The van der Waals surface area contributed by atoms with Crippen molar-refractivity contribution in [2.75, 3.05) is 24.6 Å². The van der Waals surface area contributed by atoms with Crippen molar-refractivity contribution < 1.29 is 82.4 Å². The molecule has 1 aliphatic carbocycles. The Morgan fingerprint density at radius 3 is 1.89 bits per heavy atom. The molecular weight excluding hydrogens is 1100 g/mol. The van der Waals surface area contributed by atoms with E-state index < -0.39 is 112 Å². The molecular formula is C58H76N7O17P. The quantitative estimate of drug-likeness (QED) is 0.0266. The van der Waals surface area contributed by atoms with E-state index in [0.717, 1.165) is 45.5 Å². The second-order valence-corrected chi connectivity index (χ2v) is 22.2. The number of unbranched alkanes of at least 4 members (excludes halogenated alkanes) is 3. The first-order valence-corrected chi connectivity index (χ1v) is 29.5. The van der Waals surface area contributed by atoms with E-state index in [1.165, 1.54) is 0 Å². The van der Waals surface area contributed by atoms with E-state index in [1.54, 1.807) is 4.90 Å². The second-order valence-electron chi connectivity index (χ2n) is 20.6. The van der Waals surface area contributed by atoms with Gasteiger partial charge in [-0.1, -0.05) is 84.8 Å². The van der Waals surface area contributed by atoms with E-state index in [9.17, 15) is 72.7 Å². The van der Waals surface area contributed by atoms with Gasteiger partial charge in [-0.15, -0.1) is 0 Å². The molecule has 0 aromatic heterocycles. The van der Waals surface area contributed by atoms with Gasteiger partial charge in [0.05, 0.1) is 18.8 Å². The molecule has 2 aliphatic rings. The molecule has 3 aromatic rings. The Bertz CT molecular complexity index is 2860. The summed E-state index contributed by atoms with van der Waals surface area (Å²) in [7, 11) is -4.77. The Morgan fingerprint density at radius 2 is 1.18 bits per heavy atom. The fourth-order valence-corrected chi connectivity index (χ4v) is 10.5. The lowest BCUT2D eigenvalue weighted by atomic mass is 9.94. The number of allylic oxidation sites excluding steroid dienone is 2. The highest BCUT2D eigenvalue weighted by molar-refractivity contribution is 7.50. The maximum Gasteiger partial charge on any atom is 0.403 e. The van der Waals surface area contributed by atoms with Gasteiger partial charge in [0.15, 0.2) is 0 Å². The highest BCUT2D eigenvalue weighted by Gasteiger charge is 2.36. The Kier molecular flexibility index (Phi) is 26.5. The molecule has 1 aliphatic heterocycles. The first-order valence-electron chi connectivity index (χ1n) is 27.9. The van der Waals surface area contributed by atoms with Crippen LogP contribution in [-0.4, -0.2) is 129 Å². The zero-order valence-electron chi connectivity index (χ0n) is 46.5. The minimum absolute atomic E-state index is 0.0806. The second kappa shape index (κ2) is 33.3. The first kappa shape index (κ1) is 66.0. The first-order chi connectivity index (χ1) is 39.6. The standard InChI is InChI=1S/C58H76N7O17P/c1-37-22-24-38(25-23-37)13-11-21-49(66)59-32-10-8-17-44(61-52(69)29-30-53(70)65-36-39-14-4-5-15-40(39)42-35-43(42)41-16-6-7-19-48(41)65)55(73)60-33-9-2-3-20-50(67)63-46(57(76)77)26-28-51(68)62-45(56(74)75)18-12-34-82-83(80,81)64-47(58(78)79)27-31-54(71)72/h4-7,14-16,19,22-25,35,42,44-47H,2-3,8-13,17-18,20-21,26-34,36H2,1H3,(H,59,66)(H,60,73)(H,61,69)(H,62,68)(H,63,67)(H,71,72)(H,74,75)(H,76,77)(H,78,79)(H2,64,80,81)/t42?,44-,45-,46?,47-/m0/s1. The maximum absolute atomic E-state index is 14.0. The van der Waals surface area contributed by atoms with E-state index in [0.29, 0.717) is 58.0 Å². The van der Waals surface area contributed by atoms with Crippen LogP contribution in [0.3, 0.4) is 0 Å². The van der Waals surface area contributed by atoms with E-state index in [1.807, 2.05) is 78.7 Å². The number of rotatable bonds is 38. The normalized spacial score (nSPS) is 15.3. The summed E-state index contributed by atoms with van der Waals surface area (Å²) in [6.45, 7) is 2.34. The fourth-order valence-electron chi connectivity index (χ4n) is 9.41. The minimum Gasteiger partial charge on any atom is -0.481 e. The molecule has 6 amide bonds. The van der Waals surface area contributed by atoms with Crippen molar-refractivity contribution in [2.24, 2.45) is 0 Å². The van der Waals surface area contributed by atoms with E-state index in [4.69, 9.17) is 9.63 Å². The molecule has 25 heteroatoms. The third kappa shape index (κ3) is 23.2. The number of fused-ring (bicyclic) bond motifs is 5. The molecule has 3 unspecified atom stereocenters. The minimum atomic E-state index is -4.77. The lowest BCUT2D eigenvalue weighted by Gasteiger charge is -2.28. The van der Waals surface area contributed by atoms with Crippen LogP contribution >= 0.6 is 7.75 Å². The molecule has 0 saturated heterocycles. The summed E-state index contributed by atoms with van der Waals surface area (Å²) >= 11 is 0. The smallest absolute Gasteiger partial charge is 0.403 e. The Morgan fingerprint density at radius 1 is 0.590 bits per heavy atom. The maximum atomic E-state index is 14.0. The number of carbonyl (C=O) groups excluding carboxylic acids is 6. The van der Waals surface area contributed by atoms with Crippen LogP contribution in [0.4, 0.5) is 5.69 Å². The number of carboxylic acids is 4. The van der Waals surface area contributed by atoms with Gasteiger partial charge in [0, 0.05) is 63.1 Å². The molecule has 83 heavy (non-hydrogen) atoms. The molecule has 0 radical (unpaired) electrons. The van der Waals surface area contributed by atoms with Gasteiger partial charge in [-0.3, -0.25) is 42.9 Å². The molecule has 0 bridgehead atoms. The Labute approximate surface area is 481 Å². The molecule has 5 rings (SSSR count). The largest absolute Gasteiger partial charge is 0.481 e. The van der Waals surface area contributed by atoms with Crippen molar-refractivity contribution in [2.45, 2.75) is 159 Å². The predicted octanol–water partition coefficient (Wildman–Crippen LogP) is 5.00. The average Bonchev–Trinajstić information content (AvgIpc) is 3.64. The monoisotopic (exact) mass is 1170 g/mol. The van der Waals surface area contributed by atoms with Gasteiger partial charge in [-0.2, -0.15) is 0 Å². The summed E-state index contributed by atoms with van der Waals surface area (Å²) in [6, 6.07) is 18.1. The third-order valence-corrected chi connectivity index (χ3v) is 15.2. The van der Waals surface area contributed by atoms with Crippen molar-refractivity contribution in [1.29, 1.82) is 0 Å². The molecule has 0 saturated carbocycles. The zero-order chi connectivity index (χ0) is 60.5. The van der Waals surface area contributed by atoms with Crippen LogP contribution in [0.25, 0.3) is 5.57 Å². The molecule has 0 fully saturated rings. The molecule has 6 atom stereocenters. The molecule has 0 spiro atoms.